The van der Waals surface area contributed by atoms with Crippen LogP contribution in [-0.2, 0) is 4.74 Å². The number of hydrogen-bond acceptors (Lipinski definition) is 4. The van der Waals surface area contributed by atoms with Crippen molar-refractivity contribution < 1.29 is 14.9 Å². The first kappa shape index (κ1) is 18.8. The topological polar surface area (TPSA) is 61.7 Å². The molecule has 0 spiro atoms. The van der Waals surface area contributed by atoms with Crippen LogP contribution in [0.25, 0.3) is 0 Å². The number of rotatable bonds is 15. The van der Waals surface area contributed by atoms with Crippen LogP contribution in [0.3, 0.4) is 0 Å². The van der Waals surface area contributed by atoms with E-state index in [2.05, 4.69) is 12.2 Å². The average Bonchev–Trinajstić information content (AvgIpc) is 2.41. The highest BCUT2D eigenvalue weighted by molar-refractivity contribution is 4.58. The van der Waals surface area contributed by atoms with E-state index in [0.717, 1.165) is 32.4 Å². The maximum Gasteiger partial charge on any atom is 0.0897 e. The summed E-state index contributed by atoms with van der Waals surface area (Å²) < 4.78 is 5.45. The van der Waals surface area contributed by atoms with E-state index in [1.54, 1.807) is 0 Å². The third kappa shape index (κ3) is 15.8. The third-order valence-electron chi connectivity index (χ3n) is 3.09. The van der Waals surface area contributed by atoms with Gasteiger partial charge in [0.15, 0.2) is 0 Å². The van der Waals surface area contributed by atoms with Gasteiger partial charge in [-0.3, -0.25) is 0 Å². The van der Waals surface area contributed by atoms with Crippen molar-refractivity contribution in [3.63, 3.8) is 0 Å². The van der Waals surface area contributed by atoms with Gasteiger partial charge in [0.05, 0.1) is 12.7 Å². The molecule has 4 heteroatoms. The summed E-state index contributed by atoms with van der Waals surface area (Å²) >= 11 is 0. The first-order valence-electron chi connectivity index (χ1n) is 7.88. The van der Waals surface area contributed by atoms with Crippen molar-refractivity contribution in [2.45, 2.75) is 64.4 Å². The van der Waals surface area contributed by atoms with Crippen molar-refractivity contribution >= 4 is 0 Å². The number of unbranched alkanes of at least 4 members (excludes halogenated alkanes) is 6. The smallest absolute Gasteiger partial charge is 0.0897 e. The van der Waals surface area contributed by atoms with E-state index in [-0.39, 0.29) is 6.61 Å². The predicted octanol–water partition coefficient (Wildman–Crippen LogP) is 2.09. The standard InChI is InChI=1S/C15H33NO3/c1-2-3-4-5-6-9-12-19-14-15(18)13-16-10-7-8-11-17/h15-18H,2-14H2,1H3. The second kappa shape index (κ2) is 15.9. The first-order valence-corrected chi connectivity index (χ1v) is 7.88. The van der Waals surface area contributed by atoms with Crippen LogP contribution in [-0.4, -0.2) is 49.2 Å². The number of aliphatic hydroxyl groups excluding tert-OH is 2. The Balaban J connectivity index is 3.09. The fourth-order valence-electron chi connectivity index (χ4n) is 1.89. The SMILES string of the molecule is CCCCCCCCOCC(O)CNCCCCO. The Bertz CT molecular complexity index is 167. The Hall–Kier alpha value is -0.160. The second-order valence-corrected chi connectivity index (χ2v) is 5.13. The number of aliphatic hydroxyl groups is 2. The van der Waals surface area contributed by atoms with E-state index < -0.39 is 6.10 Å². The van der Waals surface area contributed by atoms with Gasteiger partial charge in [0.2, 0.25) is 0 Å². The van der Waals surface area contributed by atoms with E-state index in [1.165, 1.54) is 32.1 Å². The lowest BCUT2D eigenvalue weighted by Gasteiger charge is -2.12. The minimum atomic E-state index is -0.422. The molecule has 1 atom stereocenters. The summed E-state index contributed by atoms with van der Waals surface area (Å²) in [6.07, 6.45) is 8.92. The Morgan fingerprint density at radius 3 is 2.47 bits per heavy atom. The number of hydrogen-bond donors (Lipinski definition) is 3. The molecule has 116 valence electrons. The third-order valence-corrected chi connectivity index (χ3v) is 3.09. The molecule has 0 saturated carbocycles. The maximum atomic E-state index is 9.64. The normalized spacial score (nSPS) is 12.8. The lowest BCUT2D eigenvalue weighted by molar-refractivity contribution is 0.0354. The number of nitrogens with one attached hydrogen (secondary N) is 1. The van der Waals surface area contributed by atoms with Crippen LogP contribution in [0.15, 0.2) is 0 Å². The molecule has 4 nitrogen and oxygen atoms in total. The molecule has 0 radical (unpaired) electrons. The van der Waals surface area contributed by atoms with Gasteiger partial charge in [-0.25, -0.2) is 0 Å². The van der Waals surface area contributed by atoms with Crippen LogP contribution in [0.4, 0.5) is 0 Å². The molecule has 0 amide bonds. The molecule has 0 heterocycles. The number of ether oxygens (including phenoxy) is 1. The summed E-state index contributed by atoms with van der Waals surface area (Å²) in [7, 11) is 0. The Morgan fingerprint density at radius 1 is 1.00 bits per heavy atom. The molecular formula is C15H33NO3. The van der Waals surface area contributed by atoms with Crippen molar-refractivity contribution in [3.8, 4) is 0 Å². The van der Waals surface area contributed by atoms with Crippen LogP contribution in [0.5, 0.6) is 0 Å². The minimum absolute atomic E-state index is 0.242. The molecule has 0 rings (SSSR count). The van der Waals surface area contributed by atoms with E-state index >= 15 is 0 Å². The van der Waals surface area contributed by atoms with Crippen LogP contribution in [0.2, 0.25) is 0 Å². The quantitative estimate of drug-likeness (QED) is 0.401. The molecule has 0 saturated heterocycles. The second-order valence-electron chi connectivity index (χ2n) is 5.13. The van der Waals surface area contributed by atoms with E-state index in [9.17, 15) is 5.11 Å². The van der Waals surface area contributed by atoms with E-state index in [1.807, 2.05) is 0 Å². The fraction of sp³-hybridized carbons (Fsp3) is 1.00. The Morgan fingerprint density at radius 2 is 1.74 bits per heavy atom. The van der Waals surface area contributed by atoms with Crippen LogP contribution >= 0.6 is 0 Å². The van der Waals surface area contributed by atoms with E-state index in [0.29, 0.717) is 13.2 Å². The minimum Gasteiger partial charge on any atom is -0.396 e. The molecule has 0 aliphatic rings. The maximum absolute atomic E-state index is 9.64. The van der Waals surface area contributed by atoms with Crippen molar-refractivity contribution in [2.24, 2.45) is 0 Å². The zero-order chi connectivity index (χ0) is 14.2. The van der Waals surface area contributed by atoms with Gasteiger partial charge >= 0.3 is 0 Å². The molecule has 0 fully saturated rings. The van der Waals surface area contributed by atoms with Gasteiger partial charge in [-0.1, -0.05) is 39.0 Å². The van der Waals surface area contributed by atoms with Gasteiger partial charge in [0.25, 0.3) is 0 Å². The van der Waals surface area contributed by atoms with Crippen LogP contribution in [0, 0.1) is 0 Å². The molecule has 0 bridgehead atoms. The van der Waals surface area contributed by atoms with Gasteiger partial charge in [0, 0.05) is 19.8 Å². The summed E-state index contributed by atoms with van der Waals surface area (Å²) in [6, 6.07) is 0. The van der Waals surface area contributed by atoms with Gasteiger partial charge < -0.3 is 20.3 Å². The van der Waals surface area contributed by atoms with Crippen LogP contribution < -0.4 is 5.32 Å². The zero-order valence-electron chi connectivity index (χ0n) is 12.6. The molecule has 0 aromatic heterocycles. The fourth-order valence-corrected chi connectivity index (χ4v) is 1.89. The summed E-state index contributed by atoms with van der Waals surface area (Å²) in [4.78, 5) is 0. The molecule has 0 aliphatic heterocycles. The van der Waals surface area contributed by atoms with Crippen molar-refractivity contribution in [1.29, 1.82) is 0 Å². The lowest BCUT2D eigenvalue weighted by atomic mass is 10.1. The predicted molar refractivity (Wildman–Crippen MR) is 79.4 cm³/mol. The van der Waals surface area contributed by atoms with Gasteiger partial charge in [0.1, 0.15) is 0 Å². The van der Waals surface area contributed by atoms with Gasteiger partial charge in [-0.05, 0) is 25.8 Å². The van der Waals surface area contributed by atoms with Crippen molar-refractivity contribution in [2.75, 3.05) is 32.9 Å². The molecule has 0 aromatic carbocycles. The first-order chi connectivity index (χ1) is 9.31. The highest BCUT2D eigenvalue weighted by atomic mass is 16.5. The summed E-state index contributed by atoms with van der Waals surface area (Å²) in [5, 5.41) is 21.4. The van der Waals surface area contributed by atoms with Gasteiger partial charge in [-0.15, -0.1) is 0 Å². The molecule has 0 aliphatic carbocycles. The van der Waals surface area contributed by atoms with Crippen molar-refractivity contribution in [3.05, 3.63) is 0 Å². The zero-order valence-corrected chi connectivity index (χ0v) is 12.6. The average molecular weight is 275 g/mol. The summed E-state index contributed by atoms with van der Waals surface area (Å²) in [5.74, 6) is 0. The van der Waals surface area contributed by atoms with E-state index in [4.69, 9.17) is 9.84 Å². The largest absolute Gasteiger partial charge is 0.396 e. The molecule has 3 N–H and O–H groups in total. The molecule has 0 aromatic rings. The lowest BCUT2D eigenvalue weighted by Crippen LogP contribution is -2.31. The summed E-state index contributed by atoms with van der Waals surface area (Å²) in [5.41, 5.74) is 0. The highest BCUT2D eigenvalue weighted by Crippen LogP contribution is 2.04. The Kier molecular flexibility index (Phi) is 15.8. The highest BCUT2D eigenvalue weighted by Gasteiger charge is 2.03. The molecule has 19 heavy (non-hydrogen) atoms. The summed E-state index contributed by atoms with van der Waals surface area (Å²) in [6.45, 7) is 5.06. The van der Waals surface area contributed by atoms with Crippen molar-refractivity contribution in [1.82, 2.24) is 5.32 Å². The Labute approximate surface area is 118 Å². The monoisotopic (exact) mass is 275 g/mol. The molecule has 1 unspecified atom stereocenters. The molecular weight excluding hydrogens is 242 g/mol. The van der Waals surface area contributed by atoms with Gasteiger partial charge in [-0.2, -0.15) is 0 Å². The van der Waals surface area contributed by atoms with Crippen LogP contribution in [0.1, 0.15) is 58.3 Å².